The molecular weight excluding hydrogens is 280 g/mol. The van der Waals surface area contributed by atoms with Gasteiger partial charge >= 0.3 is 0 Å². The Morgan fingerprint density at radius 3 is 2.64 bits per heavy atom. The molecule has 0 aliphatic carbocycles. The number of aryl methyl sites for hydroxylation is 1. The Bertz CT molecular complexity index is 527. The molecule has 22 heavy (non-hydrogen) atoms. The van der Waals surface area contributed by atoms with Crippen LogP contribution in [-0.2, 0) is 9.53 Å². The Balaban J connectivity index is 2.31. The van der Waals surface area contributed by atoms with Crippen LogP contribution in [0.15, 0.2) is 18.2 Å². The molecule has 1 aromatic carbocycles. The molecule has 1 heterocycles. The fraction of sp³-hybridized carbons (Fsp3) is 0.588. The molecule has 0 bridgehead atoms. The first-order valence-corrected chi connectivity index (χ1v) is 7.97. The Labute approximate surface area is 132 Å². The summed E-state index contributed by atoms with van der Waals surface area (Å²) in [7, 11) is 0. The summed E-state index contributed by atoms with van der Waals surface area (Å²) in [5, 5.41) is 0. The Kier molecular flexibility index (Phi) is 5.42. The van der Waals surface area contributed by atoms with Crippen molar-refractivity contribution in [1.29, 1.82) is 0 Å². The third-order valence-corrected chi connectivity index (χ3v) is 4.21. The van der Waals surface area contributed by atoms with Gasteiger partial charge in [-0.3, -0.25) is 4.79 Å². The summed E-state index contributed by atoms with van der Waals surface area (Å²) in [4.78, 5) is 14.8. The molecule has 0 saturated carbocycles. The van der Waals surface area contributed by atoms with E-state index in [9.17, 15) is 4.79 Å². The minimum atomic E-state index is -0.768. The van der Waals surface area contributed by atoms with Crippen LogP contribution in [0.2, 0.25) is 0 Å². The van der Waals surface area contributed by atoms with Crippen molar-refractivity contribution in [2.24, 2.45) is 5.73 Å². The number of carbonyl (C=O) groups excluding carboxylic acids is 1. The van der Waals surface area contributed by atoms with Crippen LogP contribution in [-0.4, -0.2) is 37.8 Å². The molecule has 0 radical (unpaired) electrons. The van der Waals surface area contributed by atoms with Gasteiger partial charge in [0.15, 0.2) is 5.60 Å². The van der Waals surface area contributed by atoms with E-state index >= 15 is 0 Å². The van der Waals surface area contributed by atoms with Crippen molar-refractivity contribution in [3.05, 3.63) is 23.8 Å². The molecule has 1 aromatic rings. The van der Waals surface area contributed by atoms with E-state index in [1.807, 2.05) is 39.0 Å². The first-order chi connectivity index (χ1) is 10.6. The van der Waals surface area contributed by atoms with E-state index in [1.165, 1.54) is 0 Å². The number of benzene rings is 1. The molecule has 1 aliphatic rings. The number of nitrogens with two attached hydrogens (primary N) is 1. The molecule has 122 valence electrons. The highest BCUT2D eigenvalue weighted by molar-refractivity contribution is 6.02. The van der Waals surface area contributed by atoms with Gasteiger partial charge in [-0.1, -0.05) is 19.9 Å². The van der Waals surface area contributed by atoms with E-state index in [-0.39, 0.29) is 5.91 Å². The molecule has 0 aromatic heterocycles. The lowest BCUT2D eigenvalue weighted by molar-refractivity contribution is -0.136. The fourth-order valence-electron chi connectivity index (χ4n) is 2.79. The molecule has 0 fully saturated rings. The zero-order valence-corrected chi connectivity index (χ0v) is 13.7. The monoisotopic (exact) mass is 306 g/mol. The van der Waals surface area contributed by atoms with E-state index < -0.39 is 5.60 Å². The van der Waals surface area contributed by atoms with Crippen LogP contribution in [0.25, 0.3) is 0 Å². The van der Waals surface area contributed by atoms with Gasteiger partial charge in [-0.2, -0.15) is 0 Å². The van der Waals surface area contributed by atoms with Crippen LogP contribution >= 0.6 is 0 Å². The van der Waals surface area contributed by atoms with Gasteiger partial charge in [0, 0.05) is 13.1 Å². The molecule has 0 saturated heterocycles. The number of fused-ring (bicyclic) bond motifs is 1. The Hall–Kier alpha value is -1.59. The third-order valence-electron chi connectivity index (χ3n) is 4.21. The van der Waals surface area contributed by atoms with Gasteiger partial charge in [0.25, 0.3) is 5.91 Å². The third kappa shape index (κ3) is 3.10. The van der Waals surface area contributed by atoms with Gasteiger partial charge in [-0.25, -0.2) is 0 Å². The summed E-state index contributed by atoms with van der Waals surface area (Å²) >= 11 is 0. The normalized spacial score (nSPS) is 16.4. The maximum absolute atomic E-state index is 13.0. The fourth-order valence-corrected chi connectivity index (χ4v) is 2.79. The standard InChI is InChI=1S/C17H26N2O3/c1-4-17(5-2)16(20)19(9-11-21-10-8-18)14-12-13(3)6-7-15(14)22-17/h6-7,12H,4-5,8-11,18H2,1-3H3. The molecule has 0 unspecified atom stereocenters. The first kappa shape index (κ1) is 16.8. The predicted octanol–water partition coefficient (Wildman–Crippen LogP) is 2.25. The summed E-state index contributed by atoms with van der Waals surface area (Å²) in [6, 6.07) is 5.95. The second-order valence-electron chi connectivity index (χ2n) is 5.63. The first-order valence-electron chi connectivity index (χ1n) is 7.97. The van der Waals surface area contributed by atoms with Crippen molar-refractivity contribution >= 4 is 11.6 Å². The largest absolute Gasteiger partial charge is 0.475 e. The highest BCUT2D eigenvalue weighted by atomic mass is 16.5. The van der Waals surface area contributed by atoms with Gasteiger partial charge in [0.2, 0.25) is 0 Å². The van der Waals surface area contributed by atoms with Crippen molar-refractivity contribution in [2.75, 3.05) is 31.2 Å². The number of ether oxygens (including phenoxy) is 2. The summed E-state index contributed by atoms with van der Waals surface area (Å²) in [6.45, 7) is 7.97. The van der Waals surface area contributed by atoms with Crippen LogP contribution in [0.4, 0.5) is 5.69 Å². The molecule has 0 atom stereocenters. The second kappa shape index (κ2) is 7.11. The molecule has 1 amide bonds. The SMILES string of the molecule is CCC1(CC)Oc2ccc(C)cc2N(CCOCCN)C1=O. The summed E-state index contributed by atoms with van der Waals surface area (Å²) in [6.07, 6.45) is 1.30. The van der Waals surface area contributed by atoms with Crippen LogP contribution in [0, 0.1) is 6.92 Å². The van der Waals surface area contributed by atoms with Crippen LogP contribution in [0.3, 0.4) is 0 Å². The molecule has 0 spiro atoms. The van der Waals surface area contributed by atoms with Crippen molar-refractivity contribution in [3.63, 3.8) is 0 Å². The summed E-state index contributed by atoms with van der Waals surface area (Å²) < 4.78 is 11.5. The van der Waals surface area contributed by atoms with E-state index in [2.05, 4.69) is 0 Å². The van der Waals surface area contributed by atoms with Crippen molar-refractivity contribution in [2.45, 2.75) is 39.2 Å². The number of carbonyl (C=O) groups is 1. The molecule has 2 N–H and O–H groups in total. The molecule has 5 nitrogen and oxygen atoms in total. The molecule has 5 heteroatoms. The minimum absolute atomic E-state index is 0.0203. The van der Waals surface area contributed by atoms with Gasteiger partial charge in [0.05, 0.1) is 18.9 Å². The van der Waals surface area contributed by atoms with Crippen LogP contribution in [0.5, 0.6) is 5.75 Å². The number of amides is 1. The zero-order valence-electron chi connectivity index (χ0n) is 13.7. The van der Waals surface area contributed by atoms with E-state index in [1.54, 1.807) is 4.90 Å². The van der Waals surface area contributed by atoms with E-state index in [4.69, 9.17) is 15.2 Å². The highest BCUT2D eigenvalue weighted by Crippen LogP contribution is 2.40. The topological polar surface area (TPSA) is 64.8 Å². The average Bonchev–Trinajstić information content (AvgIpc) is 2.53. The second-order valence-corrected chi connectivity index (χ2v) is 5.63. The maximum Gasteiger partial charge on any atom is 0.271 e. The smallest absolute Gasteiger partial charge is 0.271 e. The summed E-state index contributed by atoms with van der Waals surface area (Å²) in [5.41, 5.74) is 6.60. The van der Waals surface area contributed by atoms with Gasteiger partial charge < -0.3 is 20.1 Å². The number of rotatable bonds is 7. The van der Waals surface area contributed by atoms with Crippen molar-refractivity contribution < 1.29 is 14.3 Å². The van der Waals surface area contributed by atoms with E-state index in [0.29, 0.717) is 39.1 Å². The lowest BCUT2D eigenvalue weighted by Gasteiger charge is -2.42. The van der Waals surface area contributed by atoms with Gasteiger partial charge in [0.1, 0.15) is 5.75 Å². The van der Waals surface area contributed by atoms with Gasteiger partial charge in [-0.15, -0.1) is 0 Å². The Morgan fingerprint density at radius 2 is 2.00 bits per heavy atom. The number of hydrogen-bond donors (Lipinski definition) is 1. The van der Waals surface area contributed by atoms with Crippen LogP contribution < -0.4 is 15.4 Å². The number of anilines is 1. The highest BCUT2D eigenvalue weighted by Gasteiger charge is 2.45. The lowest BCUT2D eigenvalue weighted by atomic mass is 9.92. The lowest BCUT2D eigenvalue weighted by Crippen LogP contribution is -2.56. The molecule has 1 aliphatic heterocycles. The number of nitrogens with zero attached hydrogens (tertiary/aromatic N) is 1. The molecule has 2 rings (SSSR count). The van der Waals surface area contributed by atoms with Crippen molar-refractivity contribution in [3.8, 4) is 5.75 Å². The predicted molar refractivity (Wildman–Crippen MR) is 87.3 cm³/mol. The Morgan fingerprint density at radius 1 is 1.27 bits per heavy atom. The molecular formula is C17H26N2O3. The average molecular weight is 306 g/mol. The van der Waals surface area contributed by atoms with Crippen LogP contribution in [0.1, 0.15) is 32.3 Å². The maximum atomic E-state index is 13.0. The minimum Gasteiger partial charge on any atom is -0.475 e. The zero-order chi connectivity index (χ0) is 16.2. The summed E-state index contributed by atoms with van der Waals surface area (Å²) in [5.74, 6) is 0.791. The number of hydrogen-bond acceptors (Lipinski definition) is 4. The van der Waals surface area contributed by atoms with Crippen molar-refractivity contribution in [1.82, 2.24) is 0 Å². The van der Waals surface area contributed by atoms with E-state index in [0.717, 1.165) is 17.0 Å². The quantitative estimate of drug-likeness (QED) is 0.785. The van der Waals surface area contributed by atoms with Gasteiger partial charge in [-0.05, 0) is 37.5 Å².